The Bertz CT molecular complexity index is 593. The molecule has 0 aliphatic rings. The highest BCUT2D eigenvalue weighted by atomic mass is 32.2. The highest BCUT2D eigenvalue weighted by molar-refractivity contribution is 8.14. The van der Waals surface area contributed by atoms with Crippen molar-refractivity contribution in [2.75, 3.05) is 0 Å². The summed E-state index contributed by atoms with van der Waals surface area (Å²) in [4.78, 5) is 23.7. The van der Waals surface area contributed by atoms with E-state index in [0.29, 0.717) is 16.2 Å². The van der Waals surface area contributed by atoms with Crippen LogP contribution in [0.25, 0.3) is 0 Å². The molecule has 2 rings (SSSR count). The lowest BCUT2D eigenvalue weighted by atomic mass is 10.2. The Labute approximate surface area is 115 Å². The first kappa shape index (κ1) is 13.4. The van der Waals surface area contributed by atoms with Crippen LogP contribution in [-0.2, 0) is 4.79 Å². The molecule has 96 valence electrons. The average molecular weight is 272 g/mol. The van der Waals surface area contributed by atoms with Gasteiger partial charge >= 0.3 is 5.97 Å². The molecule has 0 bridgehead atoms. The zero-order valence-corrected chi connectivity index (χ0v) is 11.1. The Morgan fingerprint density at radius 2 is 1.58 bits per heavy atom. The van der Waals surface area contributed by atoms with Crippen LogP contribution in [0.4, 0.5) is 0 Å². The van der Waals surface area contributed by atoms with Gasteiger partial charge in [-0.05, 0) is 23.9 Å². The maximum absolute atomic E-state index is 12.1. The SMILES string of the molecule is CC(=O)Oc1ccccc1SC(=O)c1ccccc1. The van der Waals surface area contributed by atoms with Crippen LogP contribution >= 0.6 is 11.8 Å². The van der Waals surface area contributed by atoms with E-state index >= 15 is 0 Å². The quantitative estimate of drug-likeness (QED) is 0.487. The Morgan fingerprint density at radius 3 is 2.26 bits per heavy atom. The van der Waals surface area contributed by atoms with Crippen LogP contribution in [-0.4, -0.2) is 11.1 Å². The number of esters is 1. The van der Waals surface area contributed by atoms with Crippen molar-refractivity contribution in [2.24, 2.45) is 0 Å². The second kappa shape index (κ2) is 6.20. The molecule has 4 heteroatoms. The summed E-state index contributed by atoms with van der Waals surface area (Å²) in [6.07, 6.45) is 0. The van der Waals surface area contributed by atoms with E-state index in [2.05, 4.69) is 0 Å². The molecule has 0 aliphatic carbocycles. The normalized spacial score (nSPS) is 9.95. The van der Waals surface area contributed by atoms with Gasteiger partial charge in [-0.25, -0.2) is 0 Å². The lowest BCUT2D eigenvalue weighted by Crippen LogP contribution is -2.03. The van der Waals surface area contributed by atoms with Crippen LogP contribution in [0.3, 0.4) is 0 Å². The van der Waals surface area contributed by atoms with Gasteiger partial charge in [-0.15, -0.1) is 0 Å². The zero-order valence-electron chi connectivity index (χ0n) is 10.3. The van der Waals surface area contributed by atoms with Gasteiger partial charge in [-0.2, -0.15) is 0 Å². The summed E-state index contributed by atoms with van der Waals surface area (Å²) in [6, 6.07) is 16.0. The molecule has 0 fully saturated rings. The van der Waals surface area contributed by atoms with E-state index in [1.807, 2.05) is 18.2 Å². The van der Waals surface area contributed by atoms with Gasteiger partial charge in [0.15, 0.2) is 0 Å². The summed E-state index contributed by atoms with van der Waals surface area (Å²) in [5, 5.41) is -0.0831. The van der Waals surface area contributed by atoms with Gasteiger partial charge < -0.3 is 4.74 Å². The molecule has 0 amide bonds. The van der Waals surface area contributed by atoms with Gasteiger partial charge in [0, 0.05) is 12.5 Å². The number of rotatable bonds is 3. The molecule has 0 aliphatic heterocycles. The number of para-hydroxylation sites is 1. The zero-order chi connectivity index (χ0) is 13.7. The van der Waals surface area contributed by atoms with Crippen LogP contribution < -0.4 is 4.74 Å². The lowest BCUT2D eigenvalue weighted by Gasteiger charge is -2.07. The Kier molecular flexibility index (Phi) is 4.36. The minimum absolute atomic E-state index is 0.0831. The first-order valence-electron chi connectivity index (χ1n) is 5.71. The van der Waals surface area contributed by atoms with E-state index < -0.39 is 5.97 Å². The molecule has 0 N–H and O–H groups in total. The molecule has 0 saturated heterocycles. The Balaban J connectivity index is 2.19. The van der Waals surface area contributed by atoms with Crippen molar-refractivity contribution < 1.29 is 14.3 Å². The highest BCUT2D eigenvalue weighted by Crippen LogP contribution is 2.31. The van der Waals surface area contributed by atoms with Crippen LogP contribution in [0.1, 0.15) is 17.3 Å². The first-order valence-corrected chi connectivity index (χ1v) is 6.53. The predicted molar refractivity (Wildman–Crippen MR) is 74.4 cm³/mol. The third kappa shape index (κ3) is 3.69. The molecule has 0 heterocycles. The molecule has 2 aromatic rings. The van der Waals surface area contributed by atoms with Crippen LogP contribution in [0.5, 0.6) is 5.75 Å². The number of benzene rings is 2. The fourth-order valence-corrected chi connectivity index (χ4v) is 2.32. The molecule has 3 nitrogen and oxygen atoms in total. The fraction of sp³-hybridized carbons (Fsp3) is 0.0667. The van der Waals surface area contributed by atoms with E-state index in [-0.39, 0.29) is 5.12 Å². The van der Waals surface area contributed by atoms with Crippen molar-refractivity contribution in [2.45, 2.75) is 11.8 Å². The maximum Gasteiger partial charge on any atom is 0.308 e. The summed E-state index contributed by atoms with van der Waals surface area (Å²) in [5.74, 6) is 0.00416. The minimum Gasteiger partial charge on any atom is -0.426 e. The van der Waals surface area contributed by atoms with E-state index in [9.17, 15) is 9.59 Å². The molecular weight excluding hydrogens is 260 g/mol. The number of ether oxygens (including phenoxy) is 1. The second-order valence-corrected chi connectivity index (χ2v) is 4.81. The van der Waals surface area contributed by atoms with Crippen molar-refractivity contribution >= 4 is 22.8 Å². The third-order valence-corrected chi connectivity index (χ3v) is 3.29. The molecule has 0 radical (unpaired) electrons. The number of hydrogen-bond acceptors (Lipinski definition) is 4. The van der Waals surface area contributed by atoms with Crippen LogP contribution in [0.15, 0.2) is 59.5 Å². The Hall–Kier alpha value is -2.07. The average Bonchev–Trinajstić information content (AvgIpc) is 2.41. The molecular formula is C15H12O3S. The summed E-state index contributed by atoms with van der Waals surface area (Å²) < 4.78 is 5.07. The van der Waals surface area contributed by atoms with Crippen molar-refractivity contribution in [3.63, 3.8) is 0 Å². The molecule has 0 unspecified atom stereocenters. The monoisotopic (exact) mass is 272 g/mol. The summed E-state index contributed by atoms with van der Waals surface area (Å²) in [6.45, 7) is 1.33. The second-order valence-electron chi connectivity index (χ2n) is 3.80. The highest BCUT2D eigenvalue weighted by Gasteiger charge is 2.12. The van der Waals surface area contributed by atoms with E-state index in [1.165, 1.54) is 6.92 Å². The standard InChI is InChI=1S/C15H12O3S/c1-11(16)18-13-9-5-6-10-14(13)19-15(17)12-7-3-2-4-8-12/h2-10H,1H3. The topological polar surface area (TPSA) is 43.4 Å². The van der Waals surface area contributed by atoms with Crippen molar-refractivity contribution in [3.05, 3.63) is 60.2 Å². The summed E-state index contributed by atoms with van der Waals surface area (Å²) in [7, 11) is 0. The summed E-state index contributed by atoms with van der Waals surface area (Å²) >= 11 is 1.05. The molecule has 19 heavy (non-hydrogen) atoms. The van der Waals surface area contributed by atoms with Gasteiger partial charge in [-0.3, -0.25) is 9.59 Å². The number of hydrogen-bond donors (Lipinski definition) is 0. The molecule has 0 spiro atoms. The van der Waals surface area contributed by atoms with Crippen LogP contribution in [0, 0.1) is 0 Å². The van der Waals surface area contributed by atoms with Gasteiger partial charge in [0.1, 0.15) is 5.75 Å². The van der Waals surface area contributed by atoms with Crippen LogP contribution in [0.2, 0.25) is 0 Å². The first-order chi connectivity index (χ1) is 9.16. The van der Waals surface area contributed by atoms with Gasteiger partial charge in [0.25, 0.3) is 0 Å². The number of carbonyl (C=O) groups is 2. The molecule has 0 saturated carbocycles. The third-order valence-electron chi connectivity index (χ3n) is 2.31. The molecule has 0 aromatic heterocycles. The number of carbonyl (C=O) groups excluding carboxylic acids is 2. The van der Waals surface area contributed by atoms with Gasteiger partial charge in [0.05, 0.1) is 4.90 Å². The largest absolute Gasteiger partial charge is 0.426 e. The fourth-order valence-electron chi connectivity index (χ4n) is 1.51. The van der Waals surface area contributed by atoms with Crippen molar-refractivity contribution in [1.82, 2.24) is 0 Å². The molecule has 2 aromatic carbocycles. The predicted octanol–water partition coefficient (Wildman–Crippen LogP) is 3.54. The molecule has 0 atom stereocenters. The Morgan fingerprint density at radius 1 is 0.947 bits per heavy atom. The smallest absolute Gasteiger partial charge is 0.308 e. The van der Waals surface area contributed by atoms with Gasteiger partial charge in [-0.1, -0.05) is 42.5 Å². The van der Waals surface area contributed by atoms with Gasteiger partial charge in [0.2, 0.25) is 5.12 Å². The number of thioether (sulfide) groups is 1. The van der Waals surface area contributed by atoms with Crippen molar-refractivity contribution in [3.8, 4) is 5.75 Å². The minimum atomic E-state index is -0.403. The summed E-state index contributed by atoms with van der Waals surface area (Å²) in [5.41, 5.74) is 0.616. The van der Waals surface area contributed by atoms with E-state index in [1.54, 1.807) is 36.4 Å². The van der Waals surface area contributed by atoms with E-state index in [0.717, 1.165) is 11.8 Å². The lowest BCUT2D eigenvalue weighted by molar-refractivity contribution is -0.132. The van der Waals surface area contributed by atoms with Crippen molar-refractivity contribution in [1.29, 1.82) is 0 Å². The van der Waals surface area contributed by atoms with E-state index in [4.69, 9.17) is 4.74 Å². The maximum atomic E-state index is 12.1.